The van der Waals surface area contributed by atoms with Crippen LogP contribution < -0.4 is 5.32 Å². The Morgan fingerprint density at radius 3 is 2.65 bits per heavy atom. The van der Waals surface area contributed by atoms with E-state index in [-0.39, 0.29) is 0 Å². The molecule has 1 aliphatic heterocycles. The first-order chi connectivity index (χ1) is 16.6. The molecular formula is C27H36N6O. The molecule has 0 bridgehead atoms. The smallest absolute Gasteiger partial charge is 0.160 e. The molecule has 1 aliphatic rings. The molecule has 7 heteroatoms. The van der Waals surface area contributed by atoms with Gasteiger partial charge in [0.05, 0.1) is 5.69 Å². The molecule has 5 rings (SSSR count). The van der Waals surface area contributed by atoms with E-state index in [0.29, 0.717) is 12.5 Å². The predicted molar refractivity (Wildman–Crippen MR) is 137 cm³/mol. The van der Waals surface area contributed by atoms with E-state index in [9.17, 15) is 0 Å². The van der Waals surface area contributed by atoms with Crippen LogP contribution in [0.4, 0.5) is 5.82 Å². The molecule has 1 aromatic carbocycles. The van der Waals surface area contributed by atoms with Gasteiger partial charge in [-0.1, -0.05) is 32.0 Å². The summed E-state index contributed by atoms with van der Waals surface area (Å²) in [5.74, 6) is 2.58. The second-order valence-electron chi connectivity index (χ2n) is 8.75. The van der Waals surface area contributed by atoms with E-state index in [4.69, 9.17) is 14.8 Å². The number of benzene rings is 1. The van der Waals surface area contributed by atoms with Gasteiger partial charge in [-0.25, -0.2) is 9.97 Å². The third-order valence-corrected chi connectivity index (χ3v) is 6.43. The fraction of sp³-hybridized carbons (Fsp3) is 0.444. The summed E-state index contributed by atoms with van der Waals surface area (Å²) < 4.78 is 9.52. The van der Waals surface area contributed by atoms with Crippen LogP contribution in [-0.4, -0.2) is 37.4 Å². The van der Waals surface area contributed by atoms with Crippen LogP contribution in [0.1, 0.15) is 49.2 Å². The van der Waals surface area contributed by atoms with Gasteiger partial charge in [-0.2, -0.15) is 9.61 Å². The Balaban J connectivity index is 0.00000133. The number of nitrogens with one attached hydrogen (secondary N) is 1. The van der Waals surface area contributed by atoms with Crippen molar-refractivity contribution in [2.75, 3.05) is 18.5 Å². The van der Waals surface area contributed by atoms with Crippen LogP contribution in [-0.2, 0) is 24.8 Å². The van der Waals surface area contributed by atoms with Crippen molar-refractivity contribution in [2.24, 2.45) is 13.0 Å². The van der Waals surface area contributed by atoms with Gasteiger partial charge in [0.15, 0.2) is 5.65 Å². The highest BCUT2D eigenvalue weighted by atomic mass is 16.5. The lowest BCUT2D eigenvalue weighted by atomic mass is 9.95. The van der Waals surface area contributed by atoms with E-state index in [0.717, 1.165) is 72.3 Å². The number of imidazole rings is 1. The molecule has 4 heterocycles. The topological polar surface area (TPSA) is 69.3 Å². The fourth-order valence-corrected chi connectivity index (χ4v) is 4.41. The summed E-state index contributed by atoms with van der Waals surface area (Å²) in [6.07, 6.45) is 6.99. The van der Waals surface area contributed by atoms with Gasteiger partial charge in [-0.3, -0.25) is 0 Å². The van der Waals surface area contributed by atoms with Crippen molar-refractivity contribution in [3.63, 3.8) is 0 Å². The second-order valence-corrected chi connectivity index (χ2v) is 8.75. The summed E-state index contributed by atoms with van der Waals surface area (Å²) in [6, 6.07) is 10.7. The van der Waals surface area contributed by atoms with Crippen molar-refractivity contribution >= 4 is 11.5 Å². The summed E-state index contributed by atoms with van der Waals surface area (Å²) in [7, 11) is 2.02. The zero-order valence-corrected chi connectivity index (χ0v) is 21.0. The highest BCUT2D eigenvalue weighted by Gasteiger charge is 2.18. The van der Waals surface area contributed by atoms with Gasteiger partial charge >= 0.3 is 0 Å². The number of hydrogen-bond donors (Lipinski definition) is 1. The average molecular weight is 461 g/mol. The van der Waals surface area contributed by atoms with E-state index in [1.807, 2.05) is 49.3 Å². The lowest BCUT2D eigenvalue weighted by Crippen LogP contribution is -2.18. The number of aromatic nitrogens is 5. The first-order valence-electron chi connectivity index (χ1n) is 12.3. The molecule has 180 valence electrons. The van der Waals surface area contributed by atoms with Crippen LogP contribution in [0.5, 0.6) is 0 Å². The summed E-state index contributed by atoms with van der Waals surface area (Å²) in [5.41, 5.74) is 6.52. The molecule has 0 unspecified atom stereocenters. The highest BCUT2D eigenvalue weighted by molar-refractivity contribution is 5.58. The molecule has 3 aromatic heterocycles. The minimum absolute atomic E-state index is 0.630. The molecule has 0 spiro atoms. The van der Waals surface area contributed by atoms with Gasteiger partial charge in [0, 0.05) is 62.1 Å². The summed E-state index contributed by atoms with van der Waals surface area (Å²) in [4.78, 5) is 9.45. The van der Waals surface area contributed by atoms with Gasteiger partial charge in [0.1, 0.15) is 11.6 Å². The molecule has 0 radical (unpaired) electrons. The minimum atomic E-state index is 0.630. The van der Waals surface area contributed by atoms with E-state index in [2.05, 4.69) is 47.6 Å². The Labute approximate surface area is 202 Å². The molecule has 0 atom stereocenters. The molecule has 34 heavy (non-hydrogen) atoms. The summed E-state index contributed by atoms with van der Waals surface area (Å²) >= 11 is 0. The SMILES string of the molecule is CC.Cc1nn2c(NCc3cccc(-c4nccn4C)c3)cc(CC3CCOCC3)nc2c1C. The van der Waals surface area contributed by atoms with E-state index >= 15 is 0 Å². The number of ether oxygens (including phenoxy) is 1. The van der Waals surface area contributed by atoms with Crippen LogP contribution in [0, 0.1) is 19.8 Å². The molecule has 1 saturated heterocycles. The number of rotatable bonds is 6. The Hall–Kier alpha value is -3.19. The maximum atomic E-state index is 5.53. The Kier molecular flexibility index (Phi) is 7.63. The molecule has 0 amide bonds. The lowest BCUT2D eigenvalue weighted by molar-refractivity contribution is 0.0663. The van der Waals surface area contributed by atoms with E-state index in [1.165, 1.54) is 5.56 Å². The normalized spacial score (nSPS) is 14.1. The Morgan fingerprint density at radius 2 is 1.91 bits per heavy atom. The third kappa shape index (κ3) is 5.14. The number of nitrogens with zero attached hydrogens (tertiary/aromatic N) is 5. The van der Waals surface area contributed by atoms with Crippen LogP contribution >= 0.6 is 0 Å². The van der Waals surface area contributed by atoms with Crippen molar-refractivity contribution in [3.05, 3.63) is 65.2 Å². The Morgan fingerprint density at radius 1 is 1.12 bits per heavy atom. The highest BCUT2D eigenvalue weighted by Crippen LogP contribution is 2.24. The molecule has 0 aliphatic carbocycles. The largest absolute Gasteiger partial charge is 0.381 e. The van der Waals surface area contributed by atoms with Gasteiger partial charge < -0.3 is 14.6 Å². The average Bonchev–Trinajstić information content (AvgIpc) is 3.42. The second kappa shape index (κ2) is 10.8. The zero-order valence-electron chi connectivity index (χ0n) is 21.0. The molecule has 1 N–H and O–H groups in total. The minimum Gasteiger partial charge on any atom is -0.381 e. The first kappa shape index (κ1) is 24.0. The van der Waals surface area contributed by atoms with Gasteiger partial charge in [-0.15, -0.1) is 0 Å². The molecule has 4 aromatic rings. The lowest BCUT2D eigenvalue weighted by Gasteiger charge is -2.22. The third-order valence-electron chi connectivity index (χ3n) is 6.43. The van der Waals surface area contributed by atoms with Crippen molar-refractivity contribution in [1.82, 2.24) is 24.1 Å². The number of aryl methyl sites for hydroxylation is 3. The fourth-order valence-electron chi connectivity index (χ4n) is 4.41. The Bertz CT molecular complexity index is 1240. The number of fused-ring (bicyclic) bond motifs is 1. The molecular weight excluding hydrogens is 424 g/mol. The maximum Gasteiger partial charge on any atom is 0.160 e. The van der Waals surface area contributed by atoms with Crippen LogP contribution in [0.15, 0.2) is 42.7 Å². The maximum absolute atomic E-state index is 5.53. The molecule has 7 nitrogen and oxygen atoms in total. The van der Waals surface area contributed by atoms with Crippen molar-refractivity contribution in [1.29, 1.82) is 0 Å². The van der Waals surface area contributed by atoms with Gasteiger partial charge in [-0.05, 0) is 50.7 Å². The number of hydrogen-bond acceptors (Lipinski definition) is 5. The molecule has 0 saturated carbocycles. The zero-order chi connectivity index (χ0) is 24.1. The monoisotopic (exact) mass is 460 g/mol. The van der Waals surface area contributed by atoms with E-state index < -0.39 is 0 Å². The molecule has 1 fully saturated rings. The van der Waals surface area contributed by atoms with Crippen LogP contribution in [0.3, 0.4) is 0 Å². The van der Waals surface area contributed by atoms with Crippen molar-refractivity contribution < 1.29 is 4.74 Å². The van der Waals surface area contributed by atoms with Gasteiger partial charge in [0.2, 0.25) is 0 Å². The first-order valence-corrected chi connectivity index (χ1v) is 12.3. The van der Waals surface area contributed by atoms with Crippen LogP contribution in [0.25, 0.3) is 17.0 Å². The predicted octanol–water partition coefficient (Wildman–Crippen LogP) is 5.35. The number of anilines is 1. The van der Waals surface area contributed by atoms with Crippen molar-refractivity contribution in [3.8, 4) is 11.4 Å². The quantitative estimate of drug-likeness (QED) is 0.420. The van der Waals surface area contributed by atoms with Crippen molar-refractivity contribution in [2.45, 2.75) is 53.5 Å². The van der Waals surface area contributed by atoms with Crippen LogP contribution in [0.2, 0.25) is 0 Å². The summed E-state index contributed by atoms with van der Waals surface area (Å²) in [6.45, 7) is 10.6. The standard InChI is InChI=1S/C25H30N6O.C2H6/c1-17-18(2)29-31-23(15-22(28-24(17)31)14-19-7-11-32-12-8-19)27-16-20-5-4-6-21(13-20)25-26-9-10-30(25)3;1-2/h4-6,9-10,13,15,19,27H,7-8,11-12,14,16H2,1-3H3;1-2H3. The summed E-state index contributed by atoms with van der Waals surface area (Å²) in [5, 5.41) is 8.36. The van der Waals surface area contributed by atoms with E-state index in [1.54, 1.807) is 0 Å². The van der Waals surface area contributed by atoms with Gasteiger partial charge in [0.25, 0.3) is 0 Å².